The molecule has 19 heavy (non-hydrogen) atoms. The van der Waals surface area contributed by atoms with Crippen molar-refractivity contribution in [3.05, 3.63) is 59.2 Å². The van der Waals surface area contributed by atoms with Crippen LogP contribution in [0.15, 0.2) is 36.5 Å². The highest BCUT2D eigenvalue weighted by Crippen LogP contribution is 2.17. The Hall–Kier alpha value is -1.74. The second kappa shape index (κ2) is 6.43. The van der Waals surface area contributed by atoms with Gasteiger partial charge in [-0.3, -0.25) is 0 Å². The van der Waals surface area contributed by atoms with Crippen LogP contribution in [0.4, 0.5) is 0 Å². The molecule has 1 unspecified atom stereocenters. The van der Waals surface area contributed by atoms with Crippen molar-refractivity contribution in [2.45, 2.75) is 39.8 Å². The highest BCUT2D eigenvalue weighted by molar-refractivity contribution is 5.24. The maximum absolute atomic E-state index is 4.41. The molecule has 0 saturated heterocycles. The molecule has 0 fully saturated rings. The molecule has 1 atom stereocenters. The van der Waals surface area contributed by atoms with E-state index in [9.17, 15) is 0 Å². The molecule has 1 heterocycles. The lowest BCUT2D eigenvalue weighted by Gasteiger charge is -2.17. The molecule has 100 valence electrons. The van der Waals surface area contributed by atoms with Crippen LogP contribution < -0.4 is 5.32 Å². The SMILES string of the molecule is CCC(NCc1ccnc(C)n1)c1ccc(C)cc1. The predicted molar refractivity (Wildman–Crippen MR) is 77.8 cm³/mol. The quantitative estimate of drug-likeness (QED) is 0.890. The number of nitrogens with one attached hydrogen (secondary N) is 1. The van der Waals surface area contributed by atoms with Crippen molar-refractivity contribution in [1.29, 1.82) is 0 Å². The summed E-state index contributed by atoms with van der Waals surface area (Å²) in [6, 6.07) is 11.0. The maximum atomic E-state index is 4.41. The van der Waals surface area contributed by atoms with E-state index in [0.717, 1.165) is 24.5 Å². The number of aromatic nitrogens is 2. The number of hydrogen-bond donors (Lipinski definition) is 1. The van der Waals surface area contributed by atoms with E-state index < -0.39 is 0 Å². The van der Waals surface area contributed by atoms with Crippen LogP contribution in [0.25, 0.3) is 0 Å². The van der Waals surface area contributed by atoms with Crippen molar-refractivity contribution in [3.63, 3.8) is 0 Å². The average Bonchev–Trinajstić information content (AvgIpc) is 2.41. The van der Waals surface area contributed by atoms with Crippen LogP contribution in [0.5, 0.6) is 0 Å². The lowest BCUT2D eigenvalue weighted by Crippen LogP contribution is -2.21. The fourth-order valence-electron chi connectivity index (χ4n) is 2.13. The van der Waals surface area contributed by atoms with Crippen LogP contribution in [-0.4, -0.2) is 9.97 Å². The molecule has 2 aromatic rings. The van der Waals surface area contributed by atoms with Gasteiger partial charge >= 0.3 is 0 Å². The van der Waals surface area contributed by atoms with Gasteiger partial charge < -0.3 is 5.32 Å². The van der Waals surface area contributed by atoms with E-state index in [-0.39, 0.29) is 0 Å². The summed E-state index contributed by atoms with van der Waals surface area (Å²) in [5, 5.41) is 3.56. The Labute approximate surface area is 115 Å². The molecule has 0 spiro atoms. The van der Waals surface area contributed by atoms with Crippen LogP contribution >= 0.6 is 0 Å². The summed E-state index contributed by atoms with van der Waals surface area (Å²) >= 11 is 0. The Morgan fingerprint density at radius 1 is 1.11 bits per heavy atom. The first-order chi connectivity index (χ1) is 9.19. The molecule has 0 aliphatic carbocycles. The summed E-state index contributed by atoms with van der Waals surface area (Å²) in [5.41, 5.74) is 3.67. The smallest absolute Gasteiger partial charge is 0.125 e. The van der Waals surface area contributed by atoms with Gasteiger partial charge in [0.15, 0.2) is 0 Å². The summed E-state index contributed by atoms with van der Waals surface area (Å²) in [6.45, 7) is 7.00. The Morgan fingerprint density at radius 3 is 2.47 bits per heavy atom. The largest absolute Gasteiger partial charge is 0.304 e. The van der Waals surface area contributed by atoms with Crippen molar-refractivity contribution >= 4 is 0 Å². The van der Waals surface area contributed by atoms with E-state index in [1.54, 1.807) is 0 Å². The predicted octanol–water partition coefficient (Wildman–Crippen LogP) is 3.33. The van der Waals surface area contributed by atoms with Gasteiger partial charge in [-0.25, -0.2) is 9.97 Å². The van der Waals surface area contributed by atoms with E-state index in [4.69, 9.17) is 0 Å². The standard InChI is InChI=1S/C16H21N3/c1-4-16(14-7-5-12(2)6-8-14)18-11-15-9-10-17-13(3)19-15/h5-10,16,18H,4,11H2,1-3H3. The van der Waals surface area contributed by atoms with Crippen molar-refractivity contribution in [2.24, 2.45) is 0 Å². The fourth-order valence-corrected chi connectivity index (χ4v) is 2.13. The molecule has 3 heteroatoms. The van der Waals surface area contributed by atoms with Crippen molar-refractivity contribution in [3.8, 4) is 0 Å². The third kappa shape index (κ3) is 3.86. The monoisotopic (exact) mass is 255 g/mol. The molecule has 0 saturated carbocycles. The zero-order valence-electron chi connectivity index (χ0n) is 11.9. The molecule has 0 aliphatic heterocycles. The molecule has 1 aromatic carbocycles. The second-order valence-corrected chi connectivity index (χ2v) is 4.85. The molecule has 0 bridgehead atoms. The van der Waals surface area contributed by atoms with Crippen molar-refractivity contribution < 1.29 is 0 Å². The number of nitrogens with zero attached hydrogens (tertiary/aromatic N) is 2. The highest BCUT2D eigenvalue weighted by atomic mass is 14.9. The van der Waals surface area contributed by atoms with E-state index >= 15 is 0 Å². The van der Waals surface area contributed by atoms with Crippen LogP contribution in [0.2, 0.25) is 0 Å². The van der Waals surface area contributed by atoms with Gasteiger partial charge in [0.2, 0.25) is 0 Å². The van der Waals surface area contributed by atoms with Crippen LogP contribution in [0, 0.1) is 13.8 Å². The summed E-state index contributed by atoms with van der Waals surface area (Å²) < 4.78 is 0. The molecular weight excluding hydrogens is 234 g/mol. The number of benzene rings is 1. The summed E-state index contributed by atoms with van der Waals surface area (Å²) in [4.78, 5) is 8.53. The number of rotatable bonds is 5. The van der Waals surface area contributed by atoms with Crippen LogP contribution in [-0.2, 0) is 6.54 Å². The van der Waals surface area contributed by atoms with Crippen molar-refractivity contribution in [2.75, 3.05) is 0 Å². The van der Waals surface area contributed by atoms with Gasteiger partial charge in [-0.1, -0.05) is 36.8 Å². The lowest BCUT2D eigenvalue weighted by atomic mass is 10.0. The zero-order chi connectivity index (χ0) is 13.7. The van der Waals surface area contributed by atoms with E-state index in [2.05, 4.69) is 53.4 Å². The second-order valence-electron chi connectivity index (χ2n) is 4.85. The minimum Gasteiger partial charge on any atom is -0.304 e. The maximum Gasteiger partial charge on any atom is 0.125 e. The van der Waals surface area contributed by atoms with Crippen molar-refractivity contribution in [1.82, 2.24) is 15.3 Å². The van der Waals surface area contributed by atoms with E-state index in [1.807, 2.05) is 19.2 Å². The van der Waals surface area contributed by atoms with Gasteiger partial charge in [-0.15, -0.1) is 0 Å². The van der Waals surface area contributed by atoms with Crippen LogP contribution in [0.1, 0.15) is 42.0 Å². The summed E-state index contributed by atoms with van der Waals surface area (Å²) in [7, 11) is 0. The first-order valence-electron chi connectivity index (χ1n) is 6.77. The van der Waals surface area contributed by atoms with E-state index in [0.29, 0.717) is 6.04 Å². The number of hydrogen-bond acceptors (Lipinski definition) is 3. The minimum atomic E-state index is 0.371. The van der Waals surface area contributed by atoms with Gasteiger partial charge in [0.25, 0.3) is 0 Å². The molecule has 0 aliphatic rings. The van der Waals surface area contributed by atoms with Gasteiger partial charge in [0.1, 0.15) is 5.82 Å². The van der Waals surface area contributed by atoms with Gasteiger partial charge in [0, 0.05) is 18.8 Å². The molecule has 0 radical (unpaired) electrons. The summed E-state index contributed by atoms with van der Waals surface area (Å²) in [6.07, 6.45) is 2.87. The average molecular weight is 255 g/mol. The molecule has 0 amide bonds. The topological polar surface area (TPSA) is 37.8 Å². The highest BCUT2D eigenvalue weighted by Gasteiger charge is 2.08. The number of aryl methyl sites for hydroxylation is 2. The lowest BCUT2D eigenvalue weighted by molar-refractivity contribution is 0.513. The van der Waals surface area contributed by atoms with Gasteiger partial charge in [0.05, 0.1) is 5.69 Å². The molecule has 3 nitrogen and oxygen atoms in total. The first-order valence-corrected chi connectivity index (χ1v) is 6.77. The first kappa shape index (κ1) is 13.7. The third-order valence-electron chi connectivity index (χ3n) is 3.25. The molecule has 1 aromatic heterocycles. The minimum absolute atomic E-state index is 0.371. The Bertz CT molecular complexity index is 520. The normalized spacial score (nSPS) is 12.4. The fraction of sp³-hybridized carbons (Fsp3) is 0.375. The molecular formula is C16H21N3. The van der Waals surface area contributed by atoms with Gasteiger partial charge in [-0.2, -0.15) is 0 Å². The summed E-state index contributed by atoms with van der Waals surface area (Å²) in [5.74, 6) is 0.822. The van der Waals surface area contributed by atoms with Crippen LogP contribution in [0.3, 0.4) is 0 Å². The van der Waals surface area contributed by atoms with Gasteiger partial charge in [-0.05, 0) is 31.9 Å². The molecule has 1 N–H and O–H groups in total. The zero-order valence-corrected chi connectivity index (χ0v) is 11.9. The Kier molecular flexibility index (Phi) is 4.63. The van der Waals surface area contributed by atoms with E-state index in [1.165, 1.54) is 11.1 Å². The Morgan fingerprint density at radius 2 is 1.84 bits per heavy atom. The molecule has 2 rings (SSSR count). The Balaban J connectivity index is 2.01. The third-order valence-corrected chi connectivity index (χ3v) is 3.25.